The normalized spacial score (nSPS) is 34.3. The minimum atomic E-state index is -0.248. The summed E-state index contributed by atoms with van der Waals surface area (Å²) in [6, 6.07) is 4.33. The van der Waals surface area contributed by atoms with Gasteiger partial charge >= 0.3 is 0 Å². The van der Waals surface area contributed by atoms with Crippen molar-refractivity contribution >= 4 is 9.47 Å². The van der Waals surface area contributed by atoms with Crippen molar-refractivity contribution in [2.75, 3.05) is 7.11 Å². The van der Waals surface area contributed by atoms with Crippen molar-refractivity contribution < 1.29 is 14.4 Å². The smallest absolute Gasteiger partial charge is 0.164 e. The number of rotatable bonds is 3. The molecule has 3 nitrogen and oxygen atoms in total. The first-order chi connectivity index (χ1) is 10.9. The summed E-state index contributed by atoms with van der Waals surface area (Å²) in [5.74, 6) is 3.36. The molecule has 2 aliphatic rings. The lowest BCUT2D eigenvalue weighted by Gasteiger charge is -2.52. The van der Waals surface area contributed by atoms with Gasteiger partial charge in [0, 0.05) is 0 Å². The van der Waals surface area contributed by atoms with Gasteiger partial charge < -0.3 is 14.4 Å². The molecule has 0 amide bonds. The number of fused-ring (bicyclic) bond motifs is 3. The van der Waals surface area contributed by atoms with E-state index in [4.69, 9.17) is 9.26 Å². The Labute approximate surface area is 142 Å². The van der Waals surface area contributed by atoms with Gasteiger partial charge in [-0.25, -0.2) is 0 Å². The summed E-state index contributed by atoms with van der Waals surface area (Å²) in [6.45, 7) is 6.56. The summed E-state index contributed by atoms with van der Waals surface area (Å²) in [5, 5.41) is 10.3. The average molecular weight is 336 g/mol. The Morgan fingerprint density at radius 2 is 2.04 bits per heavy atom. The summed E-state index contributed by atoms with van der Waals surface area (Å²) in [6.07, 6.45) is 4.26. The van der Waals surface area contributed by atoms with Crippen LogP contribution in [0.4, 0.5) is 0 Å². The average Bonchev–Trinajstić information content (AvgIpc) is 2.56. The molecule has 0 aliphatic heterocycles. The highest BCUT2D eigenvalue weighted by atomic mass is 31.0. The molecule has 0 spiro atoms. The van der Waals surface area contributed by atoms with E-state index in [1.165, 1.54) is 17.5 Å². The number of methoxy groups -OCH3 is 1. The van der Waals surface area contributed by atoms with E-state index in [-0.39, 0.29) is 11.5 Å². The third-order valence-electron chi connectivity index (χ3n) is 6.85. The summed E-state index contributed by atoms with van der Waals surface area (Å²) < 4.78 is 10.9. The summed E-state index contributed by atoms with van der Waals surface area (Å²) in [5.41, 5.74) is 2.87. The molecule has 128 valence electrons. The Kier molecular flexibility index (Phi) is 4.64. The van der Waals surface area contributed by atoms with E-state index in [1.54, 1.807) is 7.11 Å². The third-order valence-corrected chi connectivity index (χ3v) is 7.10. The summed E-state index contributed by atoms with van der Waals surface area (Å²) >= 11 is 0. The first-order valence-electron chi connectivity index (χ1n) is 8.68. The van der Waals surface area contributed by atoms with Crippen molar-refractivity contribution in [3.8, 4) is 11.5 Å². The standard InChI is InChI=1S/C19H29O3P/c1-11-14-6-5-13-9-18(22-23)17(21-4)10-16(13)15(14)7-8-19(11,3)12(2)20/h9-12,14-15,20H,5-8,23H2,1-4H3/t11?,12-,14?,15?,19-/m0/s1. The molecular formula is C19H29O3P. The van der Waals surface area contributed by atoms with E-state index >= 15 is 0 Å². The molecule has 0 saturated heterocycles. The molecule has 2 aliphatic carbocycles. The second kappa shape index (κ2) is 6.26. The predicted octanol–water partition coefficient (Wildman–Crippen LogP) is 4.33. The van der Waals surface area contributed by atoms with Crippen LogP contribution in [0.2, 0.25) is 0 Å². The fourth-order valence-electron chi connectivity index (χ4n) is 4.93. The molecule has 4 unspecified atom stereocenters. The molecule has 1 aromatic rings. The summed E-state index contributed by atoms with van der Waals surface area (Å²) in [4.78, 5) is 0. The lowest BCUT2D eigenvalue weighted by molar-refractivity contribution is -0.0520. The van der Waals surface area contributed by atoms with E-state index in [9.17, 15) is 5.11 Å². The Hall–Kier alpha value is -0.790. The molecule has 4 heteroatoms. The van der Waals surface area contributed by atoms with Crippen LogP contribution in [-0.4, -0.2) is 18.3 Å². The maximum atomic E-state index is 10.3. The van der Waals surface area contributed by atoms with Gasteiger partial charge in [-0.2, -0.15) is 0 Å². The van der Waals surface area contributed by atoms with Crippen LogP contribution in [0.3, 0.4) is 0 Å². The van der Waals surface area contributed by atoms with Gasteiger partial charge in [-0.15, -0.1) is 0 Å². The van der Waals surface area contributed by atoms with Crippen LogP contribution in [0, 0.1) is 17.3 Å². The van der Waals surface area contributed by atoms with Gasteiger partial charge in [0.05, 0.1) is 22.7 Å². The maximum Gasteiger partial charge on any atom is 0.164 e. The number of aryl methyl sites for hydroxylation is 1. The quantitative estimate of drug-likeness (QED) is 0.835. The lowest BCUT2D eigenvalue weighted by atomic mass is 9.54. The Morgan fingerprint density at radius 1 is 1.30 bits per heavy atom. The Balaban J connectivity index is 1.97. The Morgan fingerprint density at radius 3 is 2.65 bits per heavy atom. The zero-order chi connectivity index (χ0) is 16.8. The second-order valence-electron chi connectivity index (χ2n) is 7.64. The van der Waals surface area contributed by atoms with Crippen molar-refractivity contribution in [2.24, 2.45) is 17.3 Å². The number of ether oxygens (including phenoxy) is 1. The summed E-state index contributed by atoms with van der Waals surface area (Å²) in [7, 11) is 4.01. The minimum Gasteiger partial charge on any atom is -0.493 e. The monoisotopic (exact) mass is 336 g/mol. The van der Waals surface area contributed by atoms with Crippen LogP contribution < -0.4 is 9.26 Å². The molecule has 1 saturated carbocycles. The molecular weight excluding hydrogens is 307 g/mol. The van der Waals surface area contributed by atoms with E-state index in [0.717, 1.165) is 30.8 Å². The van der Waals surface area contributed by atoms with Crippen LogP contribution in [0.1, 0.15) is 57.1 Å². The zero-order valence-corrected chi connectivity index (χ0v) is 15.8. The largest absolute Gasteiger partial charge is 0.493 e. The molecule has 0 bridgehead atoms. The van der Waals surface area contributed by atoms with Crippen molar-refractivity contribution in [3.63, 3.8) is 0 Å². The fourth-order valence-corrected chi connectivity index (χ4v) is 5.11. The lowest BCUT2D eigenvalue weighted by Crippen LogP contribution is -2.46. The van der Waals surface area contributed by atoms with Crippen LogP contribution in [0.15, 0.2) is 12.1 Å². The zero-order valence-electron chi connectivity index (χ0n) is 14.6. The van der Waals surface area contributed by atoms with Gasteiger partial charge in [0.2, 0.25) is 0 Å². The molecule has 1 aromatic carbocycles. The molecule has 3 rings (SSSR count). The van der Waals surface area contributed by atoms with E-state index < -0.39 is 0 Å². The van der Waals surface area contributed by atoms with Crippen LogP contribution in [-0.2, 0) is 6.42 Å². The first kappa shape index (κ1) is 17.0. The molecule has 0 heterocycles. The van der Waals surface area contributed by atoms with Crippen LogP contribution in [0.25, 0.3) is 0 Å². The van der Waals surface area contributed by atoms with Crippen molar-refractivity contribution in [2.45, 2.75) is 58.5 Å². The number of hydrogen-bond acceptors (Lipinski definition) is 3. The van der Waals surface area contributed by atoms with Crippen molar-refractivity contribution in [1.82, 2.24) is 0 Å². The first-order valence-corrected chi connectivity index (χ1v) is 9.15. The number of aliphatic hydroxyl groups excluding tert-OH is 1. The highest BCUT2D eigenvalue weighted by Crippen LogP contribution is 2.56. The van der Waals surface area contributed by atoms with Gasteiger partial charge in [-0.1, -0.05) is 13.8 Å². The van der Waals surface area contributed by atoms with E-state index in [2.05, 4.69) is 35.4 Å². The topological polar surface area (TPSA) is 38.7 Å². The van der Waals surface area contributed by atoms with E-state index in [0.29, 0.717) is 17.8 Å². The molecule has 0 aromatic heterocycles. The molecule has 23 heavy (non-hydrogen) atoms. The van der Waals surface area contributed by atoms with Crippen molar-refractivity contribution in [1.29, 1.82) is 0 Å². The van der Waals surface area contributed by atoms with Gasteiger partial charge in [0.15, 0.2) is 11.5 Å². The molecule has 1 N–H and O–H groups in total. The number of benzene rings is 1. The number of hydrogen-bond donors (Lipinski definition) is 1. The molecule has 1 fully saturated rings. The molecule has 0 radical (unpaired) electrons. The van der Waals surface area contributed by atoms with Crippen LogP contribution in [0.5, 0.6) is 11.5 Å². The second-order valence-corrected chi connectivity index (χ2v) is 7.87. The van der Waals surface area contributed by atoms with E-state index in [1.807, 2.05) is 6.92 Å². The van der Waals surface area contributed by atoms with Crippen LogP contribution >= 0.6 is 9.47 Å². The van der Waals surface area contributed by atoms with Crippen molar-refractivity contribution in [3.05, 3.63) is 23.3 Å². The third kappa shape index (κ3) is 2.66. The number of aliphatic hydroxyl groups is 1. The maximum absolute atomic E-state index is 10.3. The highest BCUT2D eigenvalue weighted by Gasteiger charge is 2.48. The van der Waals surface area contributed by atoms with Gasteiger partial charge in [-0.05, 0) is 79.0 Å². The fraction of sp³-hybridized carbons (Fsp3) is 0.684. The highest BCUT2D eigenvalue weighted by molar-refractivity contribution is 7.10. The van der Waals surface area contributed by atoms with Gasteiger partial charge in [0.1, 0.15) is 0 Å². The van der Waals surface area contributed by atoms with Gasteiger partial charge in [0.25, 0.3) is 0 Å². The molecule has 6 atom stereocenters. The Bertz CT molecular complexity index is 586. The van der Waals surface area contributed by atoms with Gasteiger partial charge in [-0.3, -0.25) is 0 Å². The predicted molar refractivity (Wildman–Crippen MR) is 96.1 cm³/mol. The minimum absolute atomic E-state index is 0.0336. The SMILES string of the molecule is COc1cc2c(cc1OP)CCC1C2CC[C@](C)([C@H](C)O)C1C.